The lowest BCUT2D eigenvalue weighted by Gasteiger charge is -2.06. The predicted octanol–water partition coefficient (Wildman–Crippen LogP) is 2.41. The van der Waals surface area contributed by atoms with Gasteiger partial charge in [0, 0.05) is 6.20 Å². The minimum Gasteiger partial charge on any atom is -0.492 e. The van der Waals surface area contributed by atoms with Crippen LogP contribution in [0.25, 0.3) is 0 Å². The molecule has 0 unspecified atom stereocenters. The summed E-state index contributed by atoms with van der Waals surface area (Å²) < 4.78 is 5.41. The van der Waals surface area contributed by atoms with E-state index in [0.717, 1.165) is 31.7 Å². The van der Waals surface area contributed by atoms with Crippen molar-refractivity contribution in [2.75, 3.05) is 19.7 Å². The maximum atomic E-state index is 5.41. The van der Waals surface area contributed by atoms with Gasteiger partial charge in [-0.1, -0.05) is 6.92 Å². The highest BCUT2D eigenvalue weighted by molar-refractivity contribution is 5.23. The minimum absolute atomic E-state index is 0.698. The summed E-state index contributed by atoms with van der Waals surface area (Å²) in [5.41, 5.74) is 1.25. The number of hydrogen-bond acceptors (Lipinski definition) is 3. The molecule has 16 heavy (non-hydrogen) atoms. The molecule has 0 aromatic carbocycles. The van der Waals surface area contributed by atoms with Gasteiger partial charge in [0.25, 0.3) is 0 Å². The molecule has 0 fully saturated rings. The Kier molecular flexibility index (Phi) is 6.58. The summed E-state index contributed by atoms with van der Waals surface area (Å²) >= 11 is 0. The van der Waals surface area contributed by atoms with Crippen LogP contribution in [0, 0.1) is 0 Å². The Morgan fingerprint density at radius 2 is 2.12 bits per heavy atom. The van der Waals surface area contributed by atoms with Crippen LogP contribution in [0.4, 0.5) is 0 Å². The van der Waals surface area contributed by atoms with E-state index < -0.39 is 0 Å². The first-order chi connectivity index (χ1) is 7.86. The van der Waals surface area contributed by atoms with Crippen LogP contribution in [0.2, 0.25) is 0 Å². The van der Waals surface area contributed by atoms with Gasteiger partial charge in [0.05, 0.1) is 12.8 Å². The summed E-state index contributed by atoms with van der Waals surface area (Å²) in [4.78, 5) is 4.17. The highest BCUT2D eigenvalue weighted by atomic mass is 16.5. The van der Waals surface area contributed by atoms with Gasteiger partial charge in [0.15, 0.2) is 0 Å². The second kappa shape index (κ2) is 8.11. The van der Waals surface area contributed by atoms with Gasteiger partial charge in [-0.3, -0.25) is 4.98 Å². The number of hydrogen-bond donors (Lipinski definition) is 1. The van der Waals surface area contributed by atoms with Gasteiger partial charge in [-0.2, -0.15) is 0 Å². The lowest BCUT2D eigenvalue weighted by atomic mass is 10.1. The number of aromatic nitrogens is 1. The van der Waals surface area contributed by atoms with Crippen molar-refractivity contribution in [2.45, 2.75) is 33.1 Å². The van der Waals surface area contributed by atoms with Crippen molar-refractivity contribution in [2.24, 2.45) is 0 Å². The number of ether oxygens (including phenoxy) is 1. The molecule has 90 valence electrons. The zero-order chi connectivity index (χ0) is 11.6. The van der Waals surface area contributed by atoms with Crippen molar-refractivity contribution < 1.29 is 4.74 Å². The van der Waals surface area contributed by atoms with E-state index in [1.807, 2.05) is 13.1 Å². The smallest absolute Gasteiger partial charge is 0.137 e. The van der Waals surface area contributed by atoms with Crippen LogP contribution >= 0.6 is 0 Å². The third-order valence-corrected chi connectivity index (χ3v) is 2.33. The van der Waals surface area contributed by atoms with Crippen molar-refractivity contribution in [3.63, 3.8) is 0 Å². The first kappa shape index (κ1) is 13.0. The molecule has 0 aliphatic heterocycles. The Labute approximate surface area is 98.2 Å². The molecule has 0 bridgehead atoms. The van der Waals surface area contributed by atoms with Gasteiger partial charge >= 0.3 is 0 Å². The zero-order valence-corrected chi connectivity index (χ0v) is 10.3. The van der Waals surface area contributed by atoms with E-state index >= 15 is 0 Å². The SMILES string of the molecule is CCCNCCCc1cncc(OCC)c1. The normalized spacial score (nSPS) is 10.4. The van der Waals surface area contributed by atoms with Gasteiger partial charge in [-0.25, -0.2) is 0 Å². The van der Waals surface area contributed by atoms with Crippen molar-refractivity contribution >= 4 is 0 Å². The molecule has 0 atom stereocenters. The molecule has 0 amide bonds. The van der Waals surface area contributed by atoms with Gasteiger partial charge in [0.1, 0.15) is 5.75 Å². The maximum absolute atomic E-state index is 5.41. The molecule has 1 heterocycles. The molecule has 1 aromatic rings. The van der Waals surface area contributed by atoms with Gasteiger partial charge in [0.2, 0.25) is 0 Å². The highest BCUT2D eigenvalue weighted by Crippen LogP contribution is 2.12. The number of nitrogens with one attached hydrogen (secondary N) is 1. The average molecular weight is 222 g/mol. The Hall–Kier alpha value is -1.09. The molecule has 3 heteroatoms. The Morgan fingerprint density at radius 1 is 1.25 bits per heavy atom. The highest BCUT2D eigenvalue weighted by Gasteiger charge is 1.97. The van der Waals surface area contributed by atoms with E-state index in [2.05, 4.69) is 23.3 Å². The van der Waals surface area contributed by atoms with Crippen molar-refractivity contribution in [1.29, 1.82) is 0 Å². The quantitative estimate of drug-likeness (QED) is 0.686. The fourth-order valence-electron chi connectivity index (χ4n) is 1.57. The van der Waals surface area contributed by atoms with Crippen LogP contribution in [0.15, 0.2) is 18.5 Å². The van der Waals surface area contributed by atoms with Crippen LogP contribution in [-0.2, 0) is 6.42 Å². The summed E-state index contributed by atoms with van der Waals surface area (Å²) in [6.45, 7) is 7.05. The van der Waals surface area contributed by atoms with Crippen LogP contribution in [0.5, 0.6) is 5.75 Å². The largest absolute Gasteiger partial charge is 0.492 e. The molecule has 1 aromatic heterocycles. The van der Waals surface area contributed by atoms with E-state index in [-0.39, 0.29) is 0 Å². The number of nitrogens with zero attached hydrogens (tertiary/aromatic N) is 1. The Bertz CT molecular complexity index is 289. The third kappa shape index (κ3) is 5.12. The summed E-state index contributed by atoms with van der Waals surface area (Å²) in [7, 11) is 0. The van der Waals surface area contributed by atoms with Crippen molar-refractivity contribution in [1.82, 2.24) is 10.3 Å². The standard InChI is InChI=1S/C13H22N2O/c1-3-7-14-8-5-6-12-9-13(16-4-2)11-15-10-12/h9-11,14H,3-8H2,1-2H3. The van der Waals surface area contributed by atoms with Crippen LogP contribution < -0.4 is 10.1 Å². The first-order valence-electron chi connectivity index (χ1n) is 6.14. The molecular formula is C13H22N2O. The van der Waals surface area contributed by atoms with E-state index in [9.17, 15) is 0 Å². The second-order valence-corrected chi connectivity index (χ2v) is 3.82. The van der Waals surface area contributed by atoms with Crippen molar-refractivity contribution in [3.05, 3.63) is 24.0 Å². The Morgan fingerprint density at radius 3 is 2.88 bits per heavy atom. The summed E-state index contributed by atoms with van der Waals surface area (Å²) in [6.07, 6.45) is 7.09. The number of rotatable bonds is 8. The third-order valence-electron chi connectivity index (χ3n) is 2.33. The molecule has 0 spiro atoms. The van der Waals surface area contributed by atoms with Crippen LogP contribution in [-0.4, -0.2) is 24.7 Å². The van der Waals surface area contributed by atoms with Gasteiger partial charge in [-0.05, 0) is 50.9 Å². The molecule has 0 aliphatic rings. The Balaban J connectivity index is 2.27. The molecule has 0 saturated carbocycles. The zero-order valence-electron chi connectivity index (χ0n) is 10.3. The molecule has 1 rings (SSSR count). The summed E-state index contributed by atoms with van der Waals surface area (Å²) in [5.74, 6) is 0.876. The molecule has 1 N–H and O–H groups in total. The van der Waals surface area contributed by atoms with E-state index in [1.165, 1.54) is 12.0 Å². The molecule has 0 radical (unpaired) electrons. The van der Waals surface area contributed by atoms with E-state index in [4.69, 9.17) is 4.74 Å². The fraction of sp³-hybridized carbons (Fsp3) is 0.615. The lowest BCUT2D eigenvalue weighted by molar-refractivity contribution is 0.338. The lowest BCUT2D eigenvalue weighted by Crippen LogP contribution is -2.16. The molecule has 3 nitrogen and oxygen atoms in total. The number of pyridine rings is 1. The van der Waals surface area contributed by atoms with Crippen LogP contribution in [0.3, 0.4) is 0 Å². The molecular weight excluding hydrogens is 200 g/mol. The van der Waals surface area contributed by atoms with Crippen LogP contribution in [0.1, 0.15) is 32.3 Å². The van der Waals surface area contributed by atoms with Gasteiger partial charge in [-0.15, -0.1) is 0 Å². The first-order valence-corrected chi connectivity index (χ1v) is 6.14. The summed E-state index contributed by atoms with van der Waals surface area (Å²) in [6, 6.07) is 2.08. The van der Waals surface area contributed by atoms with Crippen molar-refractivity contribution in [3.8, 4) is 5.75 Å². The molecule has 0 saturated heterocycles. The monoisotopic (exact) mass is 222 g/mol. The fourth-order valence-corrected chi connectivity index (χ4v) is 1.57. The number of aryl methyl sites for hydroxylation is 1. The van der Waals surface area contributed by atoms with E-state index in [0.29, 0.717) is 6.61 Å². The van der Waals surface area contributed by atoms with Gasteiger partial charge < -0.3 is 10.1 Å². The second-order valence-electron chi connectivity index (χ2n) is 3.82. The minimum atomic E-state index is 0.698. The predicted molar refractivity (Wildman–Crippen MR) is 66.9 cm³/mol. The summed E-state index contributed by atoms with van der Waals surface area (Å²) in [5, 5.41) is 3.39. The topological polar surface area (TPSA) is 34.2 Å². The maximum Gasteiger partial charge on any atom is 0.137 e. The molecule has 0 aliphatic carbocycles. The van der Waals surface area contributed by atoms with E-state index in [1.54, 1.807) is 6.20 Å². The average Bonchev–Trinajstić information content (AvgIpc) is 2.30.